The summed E-state index contributed by atoms with van der Waals surface area (Å²) >= 11 is 0. The number of nitrogens with zero attached hydrogens (tertiary/aromatic N) is 2. The fourth-order valence-electron chi connectivity index (χ4n) is 3.67. The van der Waals surface area contributed by atoms with E-state index in [9.17, 15) is 14.4 Å². The number of amides is 3. The zero-order valence-corrected chi connectivity index (χ0v) is 21.9. The van der Waals surface area contributed by atoms with Gasteiger partial charge >= 0.3 is 0 Å². The lowest BCUT2D eigenvalue weighted by atomic mass is 9.97. The summed E-state index contributed by atoms with van der Waals surface area (Å²) in [6.07, 6.45) is 4.28. The fourth-order valence-corrected chi connectivity index (χ4v) is 3.67. The molecule has 0 saturated heterocycles. The highest BCUT2D eigenvalue weighted by Crippen LogP contribution is 2.17. The first kappa shape index (κ1) is 30.8. The van der Waals surface area contributed by atoms with Gasteiger partial charge in [-0.15, -0.1) is 0 Å². The van der Waals surface area contributed by atoms with Crippen LogP contribution in [0.2, 0.25) is 0 Å². The van der Waals surface area contributed by atoms with Crippen LogP contribution in [0.15, 0.2) is 41.4 Å². The lowest BCUT2D eigenvalue weighted by Crippen LogP contribution is -2.60. The quantitative estimate of drug-likeness (QED) is 0.109. The lowest BCUT2D eigenvalue weighted by molar-refractivity contribution is -0.151. The number of hydrogen-bond donors (Lipinski definition) is 5. The van der Waals surface area contributed by atoms with Crippen LogP contribution >= 0.6 is 0 Å². The second-order valence-corrected chi connectivity index (χ2v) is 9.64. The predicted octanol–water partition coefficient (Wildman–Crippen LogP) is 0.950. The molecule has 1 aromatic carbocycles. The van der Waals surface area contributed by atoms with Crippen molar-refractivity contribution in [2.45, 2.75) is 65.1 Å². The summed E-state index contributed by atoms with van der Waals surface area (Å²) in [7, 11) is 0. The van der Waals surface area contributed by atoms with Crippen LogP contribution in [-0.2, 0) is 14.4 Å². The first-order chi connectivity index (χ1) is 16.9. The van der Waals surface area contributed by atoms with Crippen LogP contribution in [0, 0.1) is 11.8 Å². The minimum absolute atomic E-state index is 0.0386. The Morgan fingerprint density at radius 3 is 2.17 bits per heavy atom. The Morgan fingerprint density at radius 1 is 1.00 bits per heavy atom. The minimum atomic E-state index is -0.940. The normalized spacial score (nSPS) is 13.9. The number of carbonyl (C=O) groups excluding carboxylic acids is 3. The molecule has 0 spiro atoms. The topological polar surface area (TPSA) is 183 Å². The second kappa shape index (κ2) is 15.7. The van der Waals surface area contributed by atoms with Crippen molar-refractivity contribution < 1.29 is 14.4 Å². The van der Waals surface area contributed by atoms with Crippen molar-refractivity contribution in [1.82, 2.24) is 10.2 Å². The van der Waals surface area contributed by atoms with Crippen LogP contribution < -0.4 is 28.3 Å². The SMILES string of the molecule is CC(C)C[C@H](N)C(=O)N(C(=O)[C@@H](N)CCCN=C(N)N)[C@H](CNC(=O)/C=C/c1ccccc1)C(C)C. The van der Waals surface area contributed by atoms with Gasteiger partial charge in [-0.2, -0.15) is 0 Å². The summed E-state index contributed by atoms with van der Waals surface area (Å²) in [5, 5.41) is 2.81. The molecule has 0 saturated carbocycles. The standard InChI is InChI=1S/C26H43N7O3/c1-17(2)15-21(28)25(36)33(24(35)20(27)11-8-14-31-26(29)30)22(18(3)4)16-32-23(34)13-12-19-9-6-5-7-10-19/h5-7,9-10,12-13,17-18,20-22H,8,11,14-16,27-28H2,1-4H3,(H,32,34)(H4,29,30,31)/b13-12+/t20-,21-,22+/m0/s1. The van der Waals surface area contributed by atoms with Gasteiger partial charge in [0.25, 0.3) is 0 Å². The third-order valence-electron chi connectivity index (χ3n) is 5.62. The molecule has 3 amide bonds. The highest BCUT2D eigenvalue weighted by Gasteiger charge is 2.37. The molecule has 1 rings (SSSR count). The van der Waals surface area contributed by atoms with Crippen LogP contribution in [0.1, 0.15) is 52.5 Å². The molecule has 36 heavy (non-hydrogen) atoms. The molecule has 200 valence electrons. The molecular weight excluding hydrogens is 458 g/mol. The average Bonchev–Trinajstić information content (AvgIpc) is 2.82. The number of hydrogen-bond acceptors (Lipinski definition) is 6. The predicted molar refractivity (Wildman–Crippen MR) is 144 cm³/mol. The van der Waals surface area contributed by atoms with E-state index in [1.54, 1.807) is 6.08 Å². The van der Waals surface area contributed by atoms with Crippen molar-refractivity contribution in [2.75, 3.05) is 13.1 Å². The maximum Gasteiger partial charge on any atom is 0.246 e. The van der Waals surface area contributed by atoms with E-state index in [-0.39, 0.29) is 36.7 Å². The van der Waals surface area contributed by atoms with Gasteiger partial charge in [-0.1, -0.05) is 58.0 Å². The smallest absolute Gasteiger partial charge is 0.246 e. The Hall–Kier alpha value is -3.24. The van der Waals surface area contributed by atoms with Gasteiger partial charge in [-0.3, -0.25) is 24.3 Å². The Morgan fingerprint density at radius 2 is 1.61 bits per heavy atom. The molecule has 0 radical (unpaired) electrons. The Kier molecular flexibility index (Phi) is 13.4. The molecule has 3 atom stereocenters. The molecule has 10 heteroatoms. The van der Waals surface area contributed by atoms with Gasteiger partial charge in [-0.05, 0) is 42.7 Å². The highest BCUT2D eigenvalue weighted by molar-refractivity contribution is 6.00. The summed E-state index contributed by atoms with van der Waals surface area (Å²) in [4.78, 5) is 44.3. The molecule has 0 fully saturated rings. The zero-order chi connectivity index (χ0) is 27.3. The Balaban J connectivity index is 3.05. The van der Waals surface area contributed by atoms with Crippen LogP contribution in [0.3, 0.4) is 0 Å². The third-order valence-corrected chi connectivity index (χ3v) is 5.62. The number of aliphatic imine (C=N–C) groups is 1. The first-order valence-electron chi connectivity index (χ1n) is 12.4. The minimum Gasteiger partial charge on any atom is -0.370 e. The first-order valence-corrected chi connectivity index (χ1v) is 12.4. The fraction of sp³-hybridized carbons (Fsp3) is 0.538. The van der Waals surface area contributed by atoms with E-state index in [0.717, 1.165) is 10.5 Å². The van der Waals surface area contributed by atoms with E-state index < -0.39 is 29.9 Å². The van der Waals surface area contributed by atoms with E-state index in [1.807, 2.05) is 58.0 Å². The van der Waals surface area contributed by atoms with Crippen molar-refractivity contribution in [2.24, 2.45) is 39.8 Å². The van der Waals surface area contributed by atoms with E-state index in [1.165, 1.54) is 6.08 Å². The van der Waals surface area contributed by atoms with E-state index >= 15 is 0 Å². The summed E-state index contributed by atoms with van der Waals surface area (Å²) in [6, 6.07) is 6.98. The summed E-state index contributed by atoms with van der Waals surface area (Å²) in [6.45, 7) is 8.05. The van der Waals surface area contributed by atoms with Crippen molar-refractivity contribution in [1.29, 1.82) is 0 Å². The van der Waals surface area contributed by atoms with Crippen LogP contribution in [0.5, 0.6) is 0 Å². The van der Waals surface area contributed by atoms with E-state index in [2.05, 4.69) is 10.3 Å². The summed E-state index contributed by atoms with van der Waals surface area (Å²) in [5.74, 6) is -1.40. The molecule has 10 nitrogen and oxygen atoms in total. The number of nitrogens with one attached hydrogen (secondary N) is 1. The molecule has 9 N–H and O–H groups in total. The molecule has 0 bridgehead atoms. The molecule has 1 aromatic rings. The van der Waals surface area contributed by atoms with Crippen LogP contribution in [-0.4, -0.2) is 59.8 Å². The average molecular weight is 502 g/mol. The maximum atomic E-state index is 13.4. The molecule has 0 aliphatic heterocycles. The molecule has 0 unspecified atom stereocenters. The van der Waals surface area contributed by atoms with Crippen LogP contribution in [0.25, 0.3) is 6.08 Å². The van der Waals surface area contributed by atoms with Crippen molar-refractivity contribution in [3.63, 3.8) is 0 Å². The van der Waals surface area contributed by atoms with E-state index in [4.69, 9.17) is 22.9 Å². The van der Waals surface area contributed by atoms with Gasteiger partial charge in [0.2, 0.25) is 17.7 Å². The Labute approximate surface area is 214 Å². The Bertz CT molecular complexity index is 896. The molecule has 0 heterocycles. The van der Waals surface area contributed by atoms with E-state index in [0.29, 0.717) is 19.4 Å². The summed E-state index contributed by atoms with van der Waals surface area (Å²) in [5.41, 5.74) is 23.9. The molecule has 0 aliphatic carbocycles. The number of carbonyl (C=O) groups is 3. The van der Waals surface area contributed by atoms with Gasteiger partial charge in [-0.25, -0.2) is 0 Å². The number of rotatable bonds is 14. The maximum absolute atomic E-state index is 13.4. The second-order valence-electron chi connectivity index (χ2n) is 9.64. The number of imide groups is 1. The monoisotopic (exact) mass is 501 g/mol. The van der Waals surface area contributed by atoms with Crippen molar-refractivity contribution >= 4 is 29.8 Å². The summed E-state index contributed by atoms with van der Waals surface area (Å²) < 4.78 is 0. The molecule has 0 aromatic heterocycles. The number of benzene rings is 1. The number of nitrogens with two attached hydrogens (primary N) is 4. The van der Waals surface area contributed by atoms with Crippen molar-refractivity contribution in [3.8, 4) is 0 Å². The van der Waals surface area contributed by atoms with Gasteiger partial charge < -0.3 is 28.3 Å². The lowest BCUT2D eigenvalue weighted by Gasteiger charge is -2.36. The van der Waals surface area contributed by atoms with Gasteiger partial charge in [0.15, 0.2) is 5.96 Å². The number of guanidine groups is 1. The molecular formula is C26H43N7O3. The van der Waals surface area contributed by atoms with Gasteiger partial charge in [0.1, 0.15) is 0 Å². The highest BCUT2D eigenvalue weighted by atomic mass is 16.2. The van der Waals surface area contributed by atoms with Gasteiger partial charge in [0, 0.05) is 19.2 Å². The van der Waals surface area contributed by atoms with Gasteiger partial charge in [0.05, 0.1) is 18.1 Å². The van der Waals surface area contributed by atoms with Crippen LogP contribution in [0.4, 0.5) is 0 Å². The third kappa shape index (κ3) is 11.0. The van der Waals surface area contributed by atoms with Crippen molar-refractivity contribution in [3.05, 3.63) is 42.0 Å². The zero-order valence-electron chi connectivity index (χ0n) is 21.9. The molecule has 0 aliphatic rings. The largest absolute Gasteiger partial charge is 0.370 e.